The summed E-state index contributed by atoms with van der Waals surface area (Å²) in [6.45, 7) is 8.41. The molecule has 1 aromatic heterocycles. The molecule has 102 valence electrons. The molecule has 0 aliphatic carbocycles. The third kappa shape index (κ3) is 4.81. The van der Waals surface area contributed by atoms with Crippen molar-refractivity contribution in [2.45, 2.75) is 0 Å². The summed E-state index contributed by atoms with van der Waals surface area (Å²) in [4.78, 5) is 4.18. The first kappa shape index (κ1) is 15.3. The first-order valence-electron chi connectivity index (χ1n) is 5.85. The van der Waals surface area contributed by atoms with Gasteiger partial charge in [0.2, 0.25) is 0 Å². The van der Waals surface area contributed by atoms with Crippen LogP contribution >= 0.6 is 11.8 Å². The van der Waals surface area contributed by atoms with Gasteiger partial charge in [0.25, 0.3) is 0 Å². The Balaban J connectivity index is 2.70. The van der Waals surface area contributed by atoms with Crippen molar-refractivity contribution in [2.24, 2.45) is 11.5 Å². The molecule has 19 heavy (non-hydrogen) atoms. The molecule has 0 aromatic carbocycles. The zero-order valence-corrected chi connectivity index (χ0v) is 11.7. The Kier molecular flexibility index (Phi) is 6.78. The third-order valence-electron chi connectivity index (χ3n) is 2.24. The van der Waals surface area contributed by atoms with E-state index in [9.17, 15) is 0 Å². The van der Waals surface area contributed by atoms with Crippen LogP contribution in [0.15, 0.2) is 36.5 Å². The predicted octanol–water partition coefficient (Wildman–Crippen LogP) is 2.24. The second-order valence-corrected chi connectivity index (χ2v) is 4.63. The number of aromatic nitrogens is 1. The molecule has 1 rings (SSSR count). The van der Waals surface area contributed by atoms with E-state index in [1.807, 2.05) is 5.41 Å². The summed E-state index contributed by atoms with van der Waals surface area (Å²) in [6, 6.07) is 1.78. The first-order valence-corrected chi connectivity index (χ1v) is 6.90. The summed E-state index contributed by atoms with van der Waals surface area (Å²) in [5, 5.41) is 1.86. The smallest absolute Gasteiger partial charge is 0.130 e. The van der Waals surface area contributed by atoms with Gasteiger partial charge in [-0.25, -0.2) is 0 Å². The fourth-order valence-electron chi connectivity index (χ4n) is 1.39. The van der Waals surface area contributed by atoms with Gasteiger partial charge in [-0.2, -0.15) is 0 Å². The van der Waals surface area contributed by atoms with E-state index >= 15 is 0 Å². The van der Waals surface area contributed by atoms with Crippen molar-refractivity contribution in [2.75, 3.05) is 18.9 Å². The van der Waals surface area contributed by atoms with Gasteiger partial charge in [0.05, 0.1) is 11.4 Å². The van der Waals surface area contributed by atoms with Gasteiger partial charge in [-0.15, -0.1) is 11.8 Å². The summed E-state index contributed by atoms with van der Waals surface area (Å²) in [5.41, 5.74) is 13.5. The maximum atomic E-state index is 5.84. The molecular weight excluding hydrogens is 258 g/mol. The number of hydrogen-bond acceptors (Lipinski definition) is 5. The highest BCUT2D eigenvalue weighted by Gasteiger charge is 2.05. The van der Waals surface area contributed by atoms with Crippen molar-refractivity contribution in [1.82, 2.24) is 4.98 Å². The number of thioether (sulfide) groups is 1. The second kappa shape index (κ2) is 8.39. The van der Waals surface area contributed by atoms with Gasteiger partial charge in [0.1, 0.15) is 12.4 Å². The van der Waals surface area contributed by atoms with Crippen LogP contribution in [0.3, 0.4) is 0 Å². The number of hydrogen-bond donors (Lipinski definition) is 2. The maximum Gasteiger partial charge on any atom is 0.130 e. The molecular formula is C14H19N3OS. The van der Waals surface area contributed by atoms with Crippen LogP contribution in [-0.2, 0) is 0 Å². The maximum absolute atomic E-state index is 5.84. The summed E-state index contributed by atoms with van der Waals surface area (Å²) in [7, 11) is 0. The molecule has 0 atom stereocenters. The molecule has 0 radical (unpaired) electrons. The molecule has 1 heterocycles. The van der Waals surface area contributed by atoms with Gasteiger partial charge in [-0.3, -0.25) is 4.98 Å². The molecule has 1 aromatic rings. The number of nitrogens with zero attached hydrogens (tertiary/aromatic N) is 1. The zero-order valence-electron chi connectivity index (χ0n) is 10.8. The first-order chi connectivity index (χ1) is 9.22. The lowest BCUT2D eigenvalue weighted by atomic mass is 10.1. The van der Waals surface area contributed by atoms with Crippen LogP contribution in [0.5, 0.6) is 5.75 Å². The van der Waals surface area contributed by atoms with Gasteiger partial charge in [-0.1, -0.05) is 19.2 Å². The van der Waals surface area contributed by atoms with E-state index in [2.05, 4.69) is 18.1 Å². The topological polar surface area (TPSA) is 74.2 Å². The average molecular weight is 277 g/mol. The number of nitrogens with two attached hydrogens (primary N) is 2. The molecule has 4 N–H and O–H groups in total. The van der Waals surface area contributed by atoms with Gasteiger partial charge >= 0.3 is 0 Å². The lowest BCUT2D eigenvalue weighted by Gasteiger charge is -2.10. The van der Waals surface area contributed by atoms with E-state index in [4.69, 9.17) is 16.2 Å². The van der Waals surface area contributed by atoms with Crippen LogP contribution in [0.4, 0.5) is 0 Å². The van der Waals surface area contributed by atoms with E-state index in [0.29, 0.717) is 24.6 Å². The van der Waals surface area contributed by atoms with E-state index in [-0.39, 0.29) is 0 Å². The van der Waals surface area contributed by atoms with Crippen molar-refractivity contribution in [3.63, 3.8) is 0 Å². The van der Waals surface area contributed by atoms with Crippen molar-refractivity contribution in [3.8, 4) is 5.75 Å². The minimum atomic E-state index is 0.318. The molecule has 4 nitrogen and oxygen atoms in total. The number of ether oxygens (including phenoxy) is 1. The molecule has 0 aliphatic rings. The van der Waals surface area contributed by atoms with Crippen LogP contribution in [0.25, 0.3) is 12.2 Å². The van der Waals surface area contributed by atoms with E-state index < -0.39 is 0 Å². The summed E-state index contributed by atoms with van der Waals surface area (Å²) in [6.07, 6.45) is 5.03. The van der Waals surface area contributed by atoms with Crippen LogP contribution in [0, 0.1) is 0 Å². The molecule has 0 aliphatic heterocycles. The van der Waals surface area contributed by atoms with E-state index in [0.717, 1.165) is 17.0 Å². The quantitative estimate of drug-likeness (QED) is 0.713. The molecule has 5 heteroatoms. The van der Waals surface area contributed by atoms with Crippen LogP contribution in [-0.4, -0.2) is 23.9 Å². The Morgan fingerprint density at radius 2 is 2.21 bits per heavy atom. The highest BCUT2D eigenvalue weighted by atomic mass is 32.2. The van der Waals surface area contributed by atoms with Crippen molar-refractivity contribution < 1.29 is 4.74 Å². The fraction of sp³-hybridized carbons (Fsp3) is 0.214. The summed E-state index contributed by atoms with van der Waals surface area (Å²) in [5.74, 6) is 1.54. The highest BCUT2D eigenvalue weighted by Crippen LogP contribution is 2.23. The van der Waals surface area contributed by atoms with Gasteiger partial charge in [0.15, 0.2) is 0 Å². The van der Waals surface area contributed by atoms with Gasteiger partial charge in [-0.05, 0) is 17.6 Å². The fourth-order valence-corrected chi connectivity index (χ4v) is 1.93. The third-order valence-corrected chi connectivity index (χ3v) is 3.18. The van der Waals surface area contributed by atoms with Gasteiger partial charge < -0.3 is 16.2 Å². The van der Waals surface area contributed by atoms with Crippen LogP contribution in [0.2, 0.25) is 0 Å². The minimum Gasteiger partial charge on any atom is -0.487 e. The van der Waals surface area contributed by atoms with E-state index in [1.165, 1.54) is 0 Å². The molecule has 0 saturated carbocycles. The Morgan fingerprint density at radius 3 is 2.84 bits per heavy atom. The largest absolute Gasteiger partial charge is 0.487 e. The molecule has 0 unspecified atom stereocenters. The minimum absolute atomic E-state index is 0.318. The molecule has 0 bridgehead atoms. The summed E-state index contributed by atoms with van der Waals surface area (Å²) < 4.78 is 5.67. The van der Waals surface area contributed by atoms with Crippen molar-refractivity contribution >= 4 is 23.9 Å². The van der Waals surface area contributed by atoms with Crippen LogP contribution < -0.4 is 16.2 Å². The molecule has 0 saturated heterocycles. The standard InChI is InChI=1S/C14H19N3OS/c1-3-12-13(4-2)17-7-5-14(12)18-9-11(16)10-19-8-6-15/h3-5,7,10H,1-2,6,8-9,15-16H2/b11-10-. The SMILES string of the molecule is C=Cc1nccc(OC/C(N)=C/SCCN)c1C=C. The molecule has 0 fully saturated rings. The Hall–Kier alpha value is -1.72. The zero-order chi connectivity index (χ0) is 14.1. The Labute approximate surface area is 118 Å². The van der Waals surface area contributed by atoms with Crippen LogP contribution in [0.1, 0.15) is 11.3 Å². The van der Waals surface area contributed by atoms with E-state index in [1.54, 1.807) is 36.2 Å². The van der Waals surface area contributed by atoms with Crippen molar-refractivity contribution in [3.05, 3.63) is 47.8 Å². The van der Waals surface area contributed by atoms with Crippen molar-refractivity contribution in [1.29, 1.82) is 0 Å². The number of rotatable bonds is 8. The molecule has 0 spiro atoms. The number of pyridine rings is 1. The monoisotopic (exact) mass is 277 g/mol. The normalized spacial score (nSPS) is 11.1. The summed E-state index contributed by atoms with van der Waals surface area (Å²) >= 11 is 1.57. The second-order valence-electron chi connectivity index (χ2n) is 3.66. The average Bonchev–Trinajstić information content (AvgIpc) is 2.44. The highest BCUT2D eigenvalue weighted by molar-refractivity contribution is 8.02. The lowest BCUT2D eigenvalue weighted by Crippen LogP contribution is -2.10. The lowest BCUT2D eigenvalue weighted by molar-refractivity contribution is 0.349. The van der Waals surface area contributed by atoms with Gasteiger partial charge in [0, 0.05) is 24.1 Å². The molecule has 0 amide bonds. The Bertz CT molecular complexity index is 472. The Morgan fingerprint density at radius 1 is 1.42 bits per heavy atom. The predicted molar refractivity (Wildman–Crippen MR) is 83.7 cm³/mol.